The molecular weight excluding hydrogens is 376 g/mol. The third-order valence-electron chi connectivity index (χ3n) is 4.62. The van der Waals surface area contributed by atoms with Gasteiger partial charge in [0.15, 0.2) is 0 Å². The molecule has 0 aliphatic carbocycles. The Balaban J connectivity index is 2.02. The number of halogens is 1. The third kappa shape index (κ3) is 4.04. The Labute approximate surface area is 168 Å². The van der Waals surface area contributed by atoms with Gasteiger partial charge in [-0.05, 0) is 56.5 Å². The number of aromatic nitrogens is 1. The second-order valence-corrected chi connectivity index (χ2v) is 8.03. The number of nitrogens with zero attached hydrogens (tertiary/aromatic N) is 1. The third-order valence-corrected chi connectivity index (χ3v) is 4.95. The van der Waals surface area contributed by atoms with Gasteiger partial charge in [-0.1, -0.05) is 23.7 Å². The quantitative estimate of drug-likeness (QED) is 0.696. The molecule has 0 saturated heterocycles. The molecule has 0 spiro atoms. The van der Waals surface area contributed by atoms with Gasteiger partial charge in [-0.15, -0.1) is 0 Å². The molecule has 3 rings (SSSR count). The van der Waals surface area contributed by atoms with Crippen LogP contribution in [0.3, 0.4) is 0 Å². The zero-order chi connectivity index (χ0) is 20.5. The summed E-state index contributed by atoms with van der Waals surface area (Å²) in [6.45, 7) is 5.97. The number of rotatable bonds is 4. The van der Waals surface area contributed by atoms with Crippen LogP contribution < -0.4 is 10.3 Å². The number of methoxy groups -OCH3 is 1. The Morgan fingerprint density at radius 1 is 1.14 bits per heavy atom. The molecule has 1 aromatic heterocycles. The number of carbonyl (C=O) groups excluding carboxylic acids is 1. The lowest BCUT2D eigenvalue weighted by Gasteiger charge is -2.36. The zero-order valence-corrected chi connectivity index (χ0v) is 17.1. The van der Waals surface area contributed by atoms with E-state index in [-0.39, 0.29) is 18.0 Å². The summed E-state index contributed by atoms with van der Waals surface area (Å²) in [6, 6.07) is 14.2. The molecule has 28 heavy (non-hydrogen) atoms. The van der Waals surface area contributed by atoms with Crippen molar-refractivity contribution in [3.63, 3.8) is 0 Å². The number of carbonyl (C=O) groups is 1. The van der Waals surface area contributed by atoms with Crippen LogP contribution in [0, 0.1) is 0 Å². The number of ether oxygens (including phenoxy) is 1. The lowest BCUT2D eigenvalue weighted by atomic mass is 10.0. The fraction of sp³-hybridized carbons (Fsp3) is 0.273. The molecule has 0 radical (unpaired) electrons. The maximum absolute atomic E-state index is 13.2. The Kier molecular flexibility index (Phi) is 5.47. The van der Waals surface area contributed by atoms with E-state index in [9.17, 15) is 9.59 Å². The van der Waals surface area contributed by atoms with Crippen LogP contribution in [0.4, 0.5) is 0 Å². The van der Waals surface area contributed by atoms with Gasteiger partial charge in [0.25, 0.3) is 11.5 Å². The number of H-pyrrole nitrogens is 1. The molecule has 3 aromatic rings. The van der Waals surface area contributed by atoms with Crippen molar-refractivity contribution < 1.29 is 9.53 Å². The fourth-order valence-corrected chi connectivity index (χ4v) is 3.25. The Hall–Kier alpha value is -2.79. The Morgan fingerprint density at radius 3 is 2.50 bits per heavy atom. The summed E-state index contributed by atoms with van der Waals surface area (Å²) in [7, 11) is 1.58. The van der Waals surface area contributed by atoms with E-state index < -0.39 is 5.54 Å². The standard InChI is InChI=1S/C22H23ClN2O3/c1-22(2,3)25(21(27)17-7-5-6-8-18(17)23)13-15-11-14-9-10-16(28-4)12-19(14)24-20(15)26/h5-12H,13H2,1-4H3,(H,24,26). The topological polar surface area (TPSA) is 62.4 Å². The smallest absolute Gasteiger partial charge is 0.256 e. The number of aromatic amines is 1. The first-order valence-electron chi connectivity index (χ1n) is 8.97. The van der Waals surface area contributed by atoms with Gasteiger partial charge in [-0.25, -0.2) is 0 Å². The van der Waals surface area contributed by atoms with Crippen molar-refractivity contribution in [3.05, 3.63) is 75.0 Å². The first-order chi connectivity index (χ1) is 13.2. The van der Waals surface area contributed by atoms with Gasteiger partial charge >= 0.3 is 0 Å². The largest absolute Gasteiger partial charge is 0.497 e. The Morgan fingerprint density at radius 2 is 1.86 bits per heavy atom. The van der Waals surface area contributed by atoms with E-state index in [0.717, 1.165) is 5.39 Å². The summed E-state index contributed by atoms with van der Waals surface area (Å²) in [6.07, 6.45) is 0. The Bertz CT molecular complexity index is 1080. The molecule has 1 N–H and O–H groups in total. The number of benzene rings is 2. The van der Waals surface area contributed by atoms with Crippen molar-refractivity contribution in [1.29, 1.82) is 0 Å². The van der Waals surface area contributed by atoms with Crippen LogP contribution in [0.15, 0.2) is 53.3 Å². The zero-order valence-electron chi connectivity index (χ0n) is 16.4. The SMILES string of the molecule is COc1ccc2cc(CN(C(=O)c3ccccc3Cl)C(C)(C)C)c(=O)[nH]c2c1. The highest BCUT2D eigenvalue weighted by Gasteiger charge is 2.29. The lowest BCUT2D eigenvalue weighted by Crippen LogP contribution is -2.46. The molecular formula is C22H23ClN2O3. The molecule has 0 aliphatic rings. The molecule has 0 atom stereocenters. The highest BCUT2D eigenvalue weighted by Crippen LogP contribution is 2.25. The molecule has 0 bridgehead atoms. The van der Waals surface area contributed by atoms with Crippen LogP contribution >= 0.6 is 11.6 Å². The second-order valence-electron chi connectivity index (χ2n) is 7.62. The maximum atomic E-state index is 13.2. The minimum atomic E-state index is -0.502. The van der Waals surface area contributed by atoms with E-state index in [4.69, 9.17) is 16.3 Å². The van der Waals surface area contributed by atoms with Crippen LogP contribution in [0.1, 0.15) is 36.7 Å². The highest BCUT2D eigenvalue weighted by molar-refractivity contribution is 6.33. The highest BCUT2D eigenvalue weighted by atomic mass is 35.5. The van der Waals surface area contributed by atoms with Crippen molar-refractivity contribution in [2.45, 2.75) is 32.9 Å². The molecule has 0 unspecified atom stereocenters. The second kappa shape index (κ2) is 7.68. The van der Waals surface area contributed by atoms with Gasteiger partial charge in [0, 0.05) is 17.2 Å². The monoisotopic (exact) mass is 398 g/mol. The van der Waals surface area contributed by atoms with E-state index >= 15 is 0 Å². The minimum Gasteiger partial charge on any atom is -0.497 e. The first-order valence-corrected chi connectivity index (χ1v) is 9.35. The van der Waals surface area contributed by atoms with Crippen LogP contribution in [0.5, 0.6) is 5.75 Å². The van der Waals surface area contributed by atoms with Gasteiger partial charge in [0.1, 0.15) is 5.75 Å². The van der Waals surface area contributed by atoms with Gasteiger partial charge in [-0.3, -0.25) is 9.59 Å². The molecule has 0 fully saturated rings. The molecule has 5 nitrogen and oxygen atoms in total. The first kappa shape index (κ1) is 20.0. The van der Waals surface area contributed by atoms with Crippen LogP contribution in [0.2, 0.25) is 5.02 Å². The summed E-state index contributed by atoms with van der Waals surface area (Å²) >= 11 is 6.23. The van der Waals surface area contributed by atoms with E-state index in [1.807, 2.05) is 39.0 Å². The normalized spacial score (nSPS) is 11.5. The van der Waals surface area contributed by atoms with Gasteiger partial charge in [-0.2, -0.15) is 0 Å². The van der Waals surface area contributed by atoms with Gasteiger partial charge in [0.2, 0.25) is 0 Å². The minimum absolute atomic E-state index is 0.171. The van der Waals surface area contributed by atoms with Crippen LogP contribution in [-0.2, 0) is 6.54 Å². The molecule has 6 heteroatoms. The molecule has 146 valence electrons. The van der Waals surface area contributed by atoms with Crippen molar-refractivity contribution in [3.8, 4) is 5.75 Å². The van der Waals surface area contributed by atoms with E-state index in [1.54, 1.807) is 42.3 Å². The summed E-state index contributed by atoms with van der Waals surface area (Å²) in [5.41, 5.74) is 0.876. The van der Waals surface area contributed by atoms with E-state index in [1.165, 1.54) is 0 Å². The number of hydrogen-bond donors (Lipinski definition) is 1. The molecule has 0 aliphatic heterocycles. The molecule has 0 saturated carbocycles. The van der Waals surface area contributed by atoms with Crippen molar-refractivity contribution in [2.75, 3.05) is 7.11 Å². The number of amides is 1. The van der Waals surface area contributed by atoms with Crippen LogP contribution in [-0.4, -0.2) is 28.4 Å². The lowest BCUT2D eigenvalue weighted by molar-refractivity contribution is 0.0558. The summed E-state index contributed by atoms with van der Waals surface area (Å²) in [5, 5.41) is 1.26. The summed E-state index contributed by atoms with van der Waals surface area (Å²) in [5.74, 6) is 0.452. The van der Waals surface area contributed by atoms with Crippen LogP contribution in [0.25, 0.3) is 10.9 Å². The average molecular weight is 399 g/mol. The summed E-state index contributed by atoms with van der Waals surface area (Å²) in [4.78, 5) is 30.4. The maximum Gasteiger partial charge on any atom is 0.256 e. The fourth-order valence-electron chi connectivity index (χ4n) is 3.03. The molecule has 1 heterocycles. The number of hydrogen-bond acceptors (Lipinski definition) is 3. The predicted octanol–water partition coefficient (Wildman–Crippen LogP) is 4.63. The summed E-state index contributed by atoms with van der Waals surface area (Å²) < 4.78 is 5.21. The van der Waals surface area contributed by atoms with Crippen molar-refractivity contribution in [2.24, 2.45) is 0 Å². The average Bonchev–Trinajstić information content (AvgIpc) is 2.64. The number of nitrogens with one attached hydrogen (secondary N) is 1. The number of pyridine rings is 1. The van der Waals surface area contributed by atoms with Crippen molar-refractivity contribution >= 4 is 28.4 Å². The van der Waals surface area contributed by atoms with E-state index in [0.29, 0.717) is 27.4 Å². The van der Waals surface area contributed by atoms with Gasteiger partial charge < -0.3 is 14.6 Å². The van der Waals surface area contributed by atoms with E-state index in [2.05, 4.69) is 4.98 Å². The number of fused-ring (bicyclic) bond motifs is 1. The molecule has 1 amide bonds. The van der Waals surface area contributed by atoms with Gasteiger partial charge in [0.05, 0.1) is 29.8 Å². The molecule has 2 aromatic carbocycles. The van der Waals surface area contributed by atoms with Crippen molar-refractivity contribution in [1.82, 2.24) is 9.88 Å². The predicted molar refractivity (Wildman–Crippen MR) is 112 cm³/mol.